The molecule has 0 bridgehead atoms. The highest BCUT2D eigenvalue weighted by atomic mass is 35.8. The van der Waals surface area contributed by atoms with E-state index in [0.29, 0.717) is 0 Å². The van der Waals surface area contributed by atoms with E-state index >= 15 is 0 Å². The van der Waals surface area contributed by atoms with E-state index in [1.54, 1.807) is 0 Å². The molecule has 0 saturated carbocycles. The summed E-state index contributed by atoms with van der Waals surface area (Å²) < 4.78 is 279. The molecule has 0 aliphatic rings. The molecule has 37 heavy (non-hydrogen) atoms. The SMILES string of the molecule is FC(F)C(F)C(F)C(F)(F)C(F)(F)C(F)(F)C(F)(F)C(F)(F)C(F)(F)C(F)(F)C(F)(F)C(F)[Si](Cl)(Cl)Cl. The molecule has 0 nitrogen and oxygen atoms in total. The van der Waals surface area contributed by atoms with Crippen molar-refractivity contribution in [2.75, 3.05) is 0 Å². The van der Waals surface area contributed by atoms with Crippen LogP contribution < -0.4 is 0 Å². The van der Waals surface area contributed by atoms with E-state index in [1.807, 2.05) is 0 Å². The van der Waals surface area contributed by atoms with Crippen LogP contribution in [0.4, 0.5) is 92.2 Å². The summed E-state index contributed by atoms with van der Waals surface area (Å²) in [6.07, 6.45) is -16.3. The molecule has 0 heterocycles. The topological polar surface area (TPSA) is 0 Å². The molecule has 3 atom stereocenters. The van der Waals surface area contributed by atoms with Crippen molar-refractivity contribution in [1.82, 2.24) is 0 Å². The summed E-state index contributed by atoms with van der Waals surface area (Å²) in [5.41, 5.74) is 0. The Labute approximate surface area is 204 Å². The van der Waals surface area contributed by atoms with Crippen molar-refractivity contribution in [2.24, 2.45) is 0 Å². The maximum Gasteiger partial charge on any atom is 0.385 e. The second-order valence-electron chi connectivity index (χ2n) is 6.78. The molecule has 0 saturated heterocycles. The molecule has 0 aromatic heterocycles. The van der Waals surface area contributed by atoms with Gasteiger partial charge >= 0.3 is 53.4 Å². The Morgan fingerprint density at radius 1 is 0.405 bits per heavy atom. The molecule has 0 rings (SSSR count). The Bertz CT molecular complexity index is 807. The zero-order chi connectivity index (χ0) is 30.8. The Hall–Kier alpha value is -0.383. The molecule has 0 spiro atoms. The zero-order valence-electron chi connectivity index (χ0n) is 15.9. The van der Waals surface area contributed by atoms with Crippen LogP contribution in [0.15, 0.2) is 0 Å². The van der Waals surface area contributed by atoms with E-state index in [2.05, 4.69) is 33.2 Å². The summed E-state index contributed by atoms with van der Waals surface area (Å²) in [6.45, 7) is 0. The minimum absolute atomic E-state index is 4.47. The average molecular weight is 682 g/mol. The Morgan fingerprint density at radius 2 is 0.649 bits per heavy atom. The van der Waals surface area contributed by atoms with Crippen molar-refractivity contribution in [3.63, 3.8) is 0 Å². The smallest absolute Gasteiger partial charge is 0.240 e. The molecule has 0 aromatic carbocycles. The molecule has 0 aliphatic heterocycles. The predicted octanol–water partition coefficient (Wildman–Crippen LogP) is 8.54. The van der Waals surface area contributed by atoms with Gasteiger partial charge in [0.25, 0.3) is 6.43 Å². The van der Waals surface area contributed by atoms with Crippen LogP contribution in [0.1, 0.15) is 0 Å². The van der Waals surface area contributed by atoms with Crippen molar-refractivity contribution in [3.8, 4) is 0 Å². The minimum atomic E-state index is -9.07. The normalized spacial score (nSPS) is 18.7. The molecule has 3 unspecified atom stereocenters. The third kappa shape index (κ3) is 5.13. The first-order valence-electron chi connectivity index (χ1n) is 7.96. The summed E-state index contributed by atoms with van der Waals surface area (Å²) in [5.74, 6) is -73.5. The first-order chi connectivity index (χ1) is 15.7. The van der Waals surface area contributed by atoms with Gasteiger partial charge in [-0.25, -0.2) is 22.0 Å². The van der Waals surface area contributed by atoms with Crippen LogP contribution in [0.3, 0.4) is 0 Å². The van der Waals surface area contributed by atoms with Gasteiger partial charge < -0.3 is 0 Å². The molecular weight excluding hydrogens is 678 g/mol. The standard InChI is InChI=1S/C12H4Cl3F21Si/c13-37(14,15)4(20)6(23,24)8(27,28)10(31,32)12(35,36)11(33,34)9(29,30)7(25,26)5(21,22)2(17)1(16)3(18)19/h1-4H. The van der Waals surface area contributed by atoms with Gasteiger partial charge in [-0.2, -0.15) is 70.2 Å². The van der Waals surface area contributed by atoms with Gasteiger partial charge in [0.05, 0.1) is 0 Å². The lowest BCUT2D eigenvalue weighted by Gasteiger charge is -2.44. The number of hydrogen-bond donors (Lipinski definition) is 0. The summed E-state index contributed by atoms with van der Waals surface area (Å²) in [7, 11) is 0. The number of alkyl halides is 21. The van der Waals surface area contributed by atoms with Crippen molar-refractivity contribution >= 4 is 39.2 Å². The molecular formula is C12H4Cl3F21Si. The Balaban J connectivity index is 7.00. The lowest BCUT2D eigenvalue weighted by molar-refractivity contribution is -0.457. The van der Waals surface area contributed by atoms with Gasteiger partial charge in [-0.3, -0.25) is 0 Å². The Kier molecular flexibility index (Phi) is 9.81. The van der Waals surface area contributed by atoms with Crippen molar-refractivity contribution in [3.05, 3.63) is 0 Å². The van der Waals surface area contributed by atoms with Gasteiger partial charge in [-0.1, -0.05) is 0 Å². The molecule has 224 valence electrons. The summed E-state index contributed by atoms with van der Waals surface area (Å²) in [6, 6.07) is -6.07. The van der Waals surface area contributed by atoms with Gasteiger partial charge in [0.1, 0.15) is 0 Å². The molecule has 0 aromatic rings. The number of hydrogen-bond acceptors (Lipinski definition) is 0. The van der Waals surface area contributed by atoms with E-state index < -0.39 is 77.9 Å². The monoisotopic (exact) mass is 680 g/mol. The fourth-order valence-corrected chi connectivity index (χ4v) is 3.90. The van der Waals surface area contributed by atoms with Crippen LogP contribution >= 0.6 is 33.2 Å². The van der Waals surface area contributed by atoms with Crippen molar-refractivity contribution in [1.29, 1.82) is 0 Å². The maximum atomic E-state index is 13.6. The zero-order valence-corrected chi connectivity index (χ0v) is 19.1. The largest absolute Gasteiger partial charge is 0.385 e. The van der Waals surface area contributed by atoms with Crippen LogP contribution in [-0.4, -0.2) is 77.9 Å². The second-order valence-corrected chi connectivity index (χ2v) is 15.5. The van der Waals surface area contributed by atoms with Crippen LogP contribution in [0.5, 0.6) is 0 Å². The highest BCUT2D eigenvalue weighted by Crippen LogP contribution is 2.65. The summed E-state index contributed by atoms with van der Waals surface area (Å²) in [4.78, 5) is 0. The van der Waals surface area contributed by atoms with Gasteiger partial charge in [-0.05, 0) is 0 Å². The molecule has 0 N–H and O–H groups in total. The van der Waals surface area contributed by atoms with E-state index in [0.717, 1.165) is 0 Å². The third-order valence-corrected chi connectivity index (χ3v) is 6.94. The van der Waals surface area contributed by atoms with Gasteiger partial charge in [0.2, 0.25) is 12.0 Å². The first kappa shape index (κ1) is 36.6. The molecule has 0 fully saturated rings. The lowest BCUT2D eigenvalue weighted by atomic mass is 9.86. The fraction of sp³-hybridized carbons (Fsp3) is 1.00. The van der Waals surface area contributed by atoms with Crippen LogP contribution in [0.25, 0.3) is 0 Å². The quantitative estimate of drug-likeness (QED) is 0.110. The highest BCUT2D eigenvalue weighted by molar-refractivity contribution is 7.65. The van der Waals surface area contributed by atoms with Crippen LogP contribution in [0.2, 0.25) is 0 Å². The summed E-state index contributed by atoms with van der Waals surface area (Å²) in [5, 5.41) is 0. The van der Waals surface area contributed by atoms with Crippen molar-refractivity contribution in [2.45, 2.75) is 71.9 Å². The molecule has 25 heteroatoms. The minimum Gasteiger partial charge on any atom is -0.240 e. The van der Waals surface area contributed by atoms with Crippen LogP contribution in [0, 0.1) is 0 Å². The fourth-order valence-electron chi connectivity index (χ4n) is 2.07. The van der Waals surface area contributed by atoms with Gasteiger partial charge in [0.15, 0.2) is 6.17 Å². The number of rotatable bonds is 12. The van der Waals surface area contributed by atoms with Gasteiger partial charge in [0, 0.05) is 0 Å². The van der Waals surface area contributed by atoms with Crippen molar-refractivity contribution < 1.29 is 92.2 Å². The second kappa shape index (κ2) is 9.91. The van der Waals surface area contributed by atoms with E-state index in [9.17, 15) is 92.2 Å². The average Bonchev–Trinajstić information content (AvgIpc) is 2.69. The lowest BCUT2D eigenvalue weighted by Crippen LogP contribution is -2.76. The number of halogens is 24. The van der Waals surface area contributed by atoms with E-state index in [-0.39, 0.29) is 0 Å². The third-order valence-electron chi connectivity index (χ3n) is 4.28. The molecule has 0 aliphatic carbocycles. The van der Waals surface area contributed by atoms with E-state index in [4.69, 9.17) is 0 Å². The van der Waals surface area contributed by atoms with Gasteiger partial charge in [-0.15, -0.1) is 33.2 Å². The van der Waals surface area contributed by atoms with Crippen LogP contribution in [-0.2, 0) is 0 Å². The molecule has 0 radical (unpaired) electrons. The maximum absolute atomic E-state index is 13.6. The predicted molar refractivity (Wildman–Crippen MR) is 83.6 cm³/mol. The van der Waals surface area contributed by atoms with E-state index in [1.165, 1.54) is 0 Å². The summed E-state index contributed by atoms with van der Waals surface area (Å²) >= 11 is 13.4. The Morgan fingerprint density at radius 3 is 0.892 bits per heavy atom. The highest BCUT2D eigenvalue weighted by Gasteiger charge is 2.96. The first-order valence-corrected chi connectivity index (χ1v) is 13.1. The molecule has 0 amide bonds.